The largest absolute Gasteiger partial charge is 0.372 e. The Morgan fingerprint density at radius 3 is 2.33 bits per heavy atom. The zero-order valence-electron chi connectivity index (χ0n) is 13.4. The number of piperazine rings is 1. The highest BCUT2D eigenvalue weighted by Crippen LogP contribution is 2.25. The molecule has 2 saturated heterocycles. The molecule has 0 aliphatic carbocycles. The number of nitrogens with one attached hydrogen (secondary N) is 1. The highest BCUT2D eigenvalue weighted by Gasteiger charge is 2.20. The van der Waals surface area contributed by atoms with E-state index in [9.17, 15) is 0 Å². The lowest BCUT2D eigenvalue weighted by Crippen LogP contribution is -2.44. The Hall–Kier alpha value is -1.06. The summed E-state index contributed by atoms with van der Waals surface area (Å²) in [6.07, 6.45) is 4.11. The maximum Gasteiger partial charge on any atom is 0.0366 e. The van der Waals surface area contributed by atoms with E-state index in [-0.39, 0.29) is 0 Å². The van der Waals surface area contributed by atoms with Gasteiger partial charge in [-0.1, -0.05) is 17.7 Å². The number of aryl methyl sites for hydroxylation is 1. The Morgan fingerprint density at radius 1 is 1.00 bits per heavy atom. The van der Waals surface area contributed by atoms with Gasteiger partial charge in [0.2, 0.25) is 0 Å². The second-order valence-electron chi connectivity index (χ2n) is 6.65. The van der Waals surface area contributed by atoms with E-state index < -0.39 is 0 Å². The van der Waals surface area contributed by atoms with Gasteiger partial charge in [-0.15, -0.1) is 0 Å². The van der Waals surface area contributed by atoms with Crippen LogP contribution in [0.5, 0.6) is 0 Å². The molecule has 0 amide bonds. The fourth-order valence-electron chi connectivity index (χ4n) is 3.54. The third kappa shape index (κ3) is 4.21. The van der Waals surface area contributed by atoms with Gasteiger partial charge < -0.3 is 15.1 Å². The van der Waals surface area contributed by atoms with E-state index >= 15 is 0 Å². The minimum atomic E-state index is 0.932. The number of hydrogen-bond donors (Lipinski definition) is 1. The first kappa shape index (κ1) is 14.9. The van der Waals surface area contributed by atoms with Gasteiger partial charge in [0.05, 0.1) is 0 Å². The van der Waals surface area contributed by atoms with Gasteiger partial charge in [0.15, 0.2) is 0 Å². The number of nitrogens with zero attached hydrogens (tertiary/aromatic N) is 2. The molecule has 3 heteroatoms. The molecule has 2 aliphatic heterocycles. The summed E-state index contributed by atoms with van der Waals surface area (Å²) >= 11 is 0. The molecule has 3 nitrogen and oxygen atoms in total. The standard InChI is InChI=1S/C18H29N3/c1-16-2-4-18(5-3-16)21-12-7-17(8-13-21)6-11-20-14-9-19-10-15-20/h2-5,17,19H,6-15H2,1H3. The van der Waals surface area contributed by atoms with Crippen molar-refractivity contribution in [1.82, 2.24) is 10.2 Å². The molecular weight excluding hydrogens is 258 g/mol. The van der Waals surface area contributed by atoms with Gasteiger partial charge in [-0.2, -0.15) is 0 Å². The van der Waals surface area contributed by atoms with Crippen molar-refractivity contribution in [3.63, 3.8) is 0 Å². The Bertz CT molecular complexity index is 415. The minimum Gasteiger partial charge on any atom is -0.372 e. The van der Waals surface area contributed by atoms with Crippen molar-refractivity contribution in [1.29, 1.82) is 0 Å². The summed E-state index contributed by atoms with van der Waals surface area (Å²) in [5.41, 5.74) is 2.76. The molecule has 3 rings (SSSR count). The molecule has 0 aromatic heterocycles. The SMILES string of the molecule is Cc1ccc(N2CCC(CCN3CCNCC3)CC2)cc1. The highest BCUT2D eigenvalue weighted by atomic mass is 15.2. The molecule has 0 atom stereocenters. The second kappa shape index (κ2) is 7.28. The first-order chi connectivity index (χ1) is 10.3. The van der Waals surface area contributed by atoms with E-state index in [1.165, 1.54) is 76.3 Å². The van der Waals surface area contributed by atoms with Crippen LogP contribution in [0, 0.1) is 12.8 Å². The Kier molecular flexibility index (Phi) is 5.15. The average molecular weight is 287 g/mol. The summed E-state index contributed by atoms with van der Waals surface area (Å²) < 4.78 is 0. The van der Waals surface area contributed by atoms with E-state index in [4.69, 9.17) is 0 Å². The van der Waals surface area contributed by atoms with Crippen molar-refractivity contribution in [2.45, 2.75) is 26.2 Å². The highest BCUT2D eigenvalue weighted by molar-refractivity contribution is 5.47. The van der Waals surface area contributed by atoms with Crippen molar-refractivity contribution < 1.29 is 0 Å². The molecule has 2 aliphatic rings. The summed E-state index contributed by atoms with van der Waals surface area (Å²) in [7, 11) is 0. The number of rotatable bonds is 4. The van der Waals surface area contributed by atoms with E-state index in [0.29, 0.717) is 0 Å². The maximum atomic E-state index is 3.43. The van der Waals surface area contributed by atoms with Crippen LogP contribution >= 0.6 is 0 Å². The Labute approximate surface area is 129 Å². The van der Waals surface area contributed by atoms with Crippen molar-refractivity contribution in [3.05, 3.63) is 29.8 Å². The van der Waals surface area contributed by atoms with Crippen molar-refractivity contribution in [2.24, 2.45) is 5.92 Å². The van der Waals surface area contributed by atoms with Gasteiger partial charge in [-0.3, -0.25) is 0 Å². The lowest BCUT2D eigenvalue weighted by atomic mass is 9.93. The number of hydrogen-bond acceptors (Lipinski definition) is 3. The van der Waals surface area contributed by atoms with E-state index in [1.54, 1.807) is 0 Å². The number of piperidine rings is 1. The van der Waals surface area contributed by atoms with E-state index in [0.717, 1.165) is 5.92 Å². The van der Waals surface area contributed by atoms with Crippen LogP contribution in [-0.2, 0) is 0 Å². The van der Waals surface area contributed by atoms with Gasteiger partial charge in [0.1, 0.15) is 0 Å². The second-order valence-corrected chi connectivity index (χ2v) is 6.65. The van der Waals surface area contributed by atoms with Gasteiger partial charge in [-0.05, 0) is 50.8 Å². The predicted molar refractivity (Wildman–Crippen MR) is 90.0 cm³/mol. The molecule has 0 bridgehead atoms. The smallest absolute Gasteiger partial charge is 0.0366 e. The zero-order valence-corrected chi connectivity index (χ0v) is 13.4. The summed E-state index contributed by atoms with van der Waals surface area (Å²) in [5.74, 6) is 0.932. The molecule has 2 fully saturated rings. The van der Waals surface area contributed by atoms with Crippen molar-refractivity contribution in [2.75, 3.05) is 50.7 Å². The molecule has 0 unspecified atom stereocenters. The van der Waals surface area contributed by atoms with Gasteiger partial charge in [0.25, 0.3) is 0 Å². The molecule has 0 spiro atoms. The molecule has 1 aromatic carbocycles. The summed E-state index contributed by atoms with van der Waals surface area (Å²) in [4.78, 5) is 5.18. The van der Waals surface area contributed by atoms with Gasteiger partial charge >= 0.3 is 0 Å². The van der Waals surface area contributed by atoms with Crippen LogP contribution in [-0.4, -0.2) is 50.7 Å². The molecule has 2 heterocycles. The molecule has 21 heavy (non-hydrogen) atoms. The average Bonchev–Trinajstić information content (AvgIpc) is 2.55. The lowest BCUT2D eigenvalue weighted by Gasteiger charge is -2.35. The third-order valence-corrected chi connectivity index (χ3v) is 5.08. The first-order valence-corrected chi connectivity index (χ1v) is 8.56. The Morgan fingerprint density at radius 2 is 1.67 bits per heavy atom. The normalized spacial score (nSPS) is 21.7. The van der Waals surface area contributed by atoms with Crippen molar-refractivity contribution >= 4 is 5.69 Å². The minimum absolute atomic E-state index is 0.932. The summed E-state index contributed by atoms with van der Waals surface area (Å²) in [6, 6.07) is 9.00. The fraction of sp³-hybridized carbons (Fsp3) is 0.667. The molecule has 0 saturated carbocycles. The van der Waals surface area contributed by atoms with Crippen LogP contribution < -0.4 is 10.2 Å². The molecule has 0 radical (unpaired) electrons. The van der Waals surface area contributed by atoms with Gasteiger partial charge in [-0.25, -0.2) is 0 Å². The fourth-order valence-corrected chi connectivity index (χ4v) is 3.54. The summed E-state index contributed by atoms with van der Waals surface area (Å²) in [6.45, 7) is 10.7. The van der Waals surface area contributed by atoms with Crippen LogP contribution in [0.2, 0.25) is 0 Å². The van der Waals surface area contributed by atoms with Crippen molar-refractivity contribution in [3.8, 4) is 0 Å². The molecule has 1 aromatic rings. The predicted octanol–water partition coefficient (Wildman–Crippen LogP) is 2.51. The monoisotopic (exact) mass is 287 g/mol. The first-order valence-electron chi connectivity index (χ1n) is 8.56. The molecule has 116 valence electrons. The number of benzene rings is 1. The Balaban J connectivity index is 1.41. The number of anilines is 1. The molecular formula is C18H29N3. The zero-order chi connectivity index (χ0) is 14.5. The topological polar surface area (TPSA) is 18.5 Å². The van der Waals surface area contributed by atoms with Crippen LogP contribution in [0.1, 0.15) is 24.8 Å². The van der Waals surface area contributed by atoms with E-state index in [2.05, 4.69) is 46.3 Å². The summed E-state index contributed by atoms with van der Waals surface area (Å²) in [5, 5.41) is 3.43. The van der Waals surface area contributed by atoms with Crippen LogP contribution in [0.25, 0.3) is 0 Å². The third-order valence-electron chi connectivity index (χ3n) is 5.08. The quantitative estimate of drug-likeness (QED) is 0.918. The maximum absolute atomic E-state index is 3.43. The van der Waals surface area contributed by atoms with Crippen LogP contribution in [0.15, 0.2) is 24.3 Å². The van der Waals surface area contributed by atoms with Gasteiger partial charge in [0, 0.05) is 45.0 Å². The van der Waals surface area contributed by atoms with E-state index in [1.807, 2.05) is 0 Å². The van der Waals surface area contributed by atoms with Crippen LogP contribution in [0.3, 0.4) is 0 Å². The lowest BCUT2D eigenvalue weighted by molar-refractivity contribution is 0.215. The molecule has 1 N–H and O–H groups in total. The van der Waals surface area contributed by atoms with Crippen LogP contribution in [0.4, 0.5) is 5.69 Å².